The number of carbonyl (C=O) groups excluding carboxylic acids is 4. The largest absolute Gasteiger partial charge is 0.507 e. The summed E-state index contributed by atoms with van der Waals surface area (Å²) >= 11 is 0. The number of hydrogen-bond donors (Lipinski definition) is 6. The highest BCUT2D eigenvalue weighted by Gasteiger charge is 2.33. The van der Waals surface area contributed by atoms with E-state index >= 15 is 0 Å². The number of nitrogens with one attached hydrogen (secondary N) is 3. The minimum Gasteiger partial charge on any atom is -0.507 e. The van der Waals surface area contributed by atoms with Gasteiger partial charge in [0.2, 0.25) is 5.91 Å². The molecule has 1 heterocycles. The van der Waals surface area contributed by atoms with E-state index in [-0.39, 0.29) is 35.5 Å². The van der Waals surface area contributed by atoms with Gasteiger partial charge in [-0.15, -0.1) is 0 Å². The molecule has 0 saturated carbocycles. The lowest BCUT2D eigenvalue weighted by atomic mass is 9.79. The molecule has 0 aromatic heterocycles. The maximum Gasteiger partial charge on any atom is 0.408 e. The van der Waals surface area contributed by atoms with E-state index in [9.17, 15) is 29.4 Å². The first-order valence-corrected chi connectivity index (χ1v) is 15.2. The van der Waals surface area contributed by atoms with Gasteiger partial charge in [0, 0.05) is 35.1 Å². The summed E-state index contributed by atoms with van der Waals surface area (Å²) in [6, 6.07) is 4.29. The molecular weight excluding hydrogens is 592 g/mol. The lowest BCUT2D eigenvalue weighted by Crippen LogP contribution is -2.60. The van der Waals surface area contributed by atoms with Crippen LogP contribution in [0.2, 0.25) is 0 Å². The van der Waals surface area contributed by atoms with Gasteiger partial charge < -0.3 is 41.4 Å². The number of aromatic hydroxyl groups is 2. The summed E-state index contributed by atoms with van der Waals surface area (Å²) in [5.41, 5.74) is 6.81. The molecule has 2 aromatic rings. The molecule has 3 amide bonds. The maximum absolute atomic E-state index is 13.6. The number of phenolic OH excluding ortho intramolecular Hbond substituents is 2. The molecular formula is C34H48N4O8. The summed E-state index contributed by atoms with van der Waals surface area (Å²) in [4.78, 5) is 52.4. The van der Waals surface area contributed by atoms with Crippen LogP contribution in [0.25, 0.3) is 11.1 Å². The predicted octanol–water partition coefficient (Wildman–Crippen LogP) is 3.41. The fourth-order valence-electron chi connectivity index (χ4n) is 5.23. The van der Waals surface area contributed by atoms with Crippen molar-refractivity contribution in [3.63, 3.8) is 0 Å². The van der Waals surface area contributed by atoms with Crippen LogP contribution in [0.4, 0.5) is 4.79 Å². The van der Waals surface area contributed by atoms with Crippen LogP contribution in [0.15, 0.2) is 24.3 Å². The van der Waals surface area contributed by atoms with Crippen LogP contribution < -0.4 is 21.7 Å². The van der Waals surface area contributed by atoms with Gasteiger partial charge in [0.05, 0.1) is 7.11 Å². The smallest absolute Gasteiger partial charge is 0.408 e. The fourth-order valence-corrected chi connectivity index (χ4v) is 5.23. The first-order chi connectivity index (χ1) is 21.0. The Balaban J connectivity index is 2.38. The molecule has 12 heteroatoms. The monoisotopic (exact) mass is 640 g/mol. The van der Waals surface area contributed by atoms with Crippen molar-refractivity contribution in [3.8, 4) is 22.6 Å². The number of hydrogen-bond acceptors (Lipinski definition) is 9. The highest BCUT2D eigenvalue weighted by Crippen LogP contribution is 2.46. The minimum atomic E-state index is -1.59. The molecule has 46 heavy (non-hydrogen) atoms. The quantitative estimate of drug-likeness (QED) is 0.267. The topological polar surface area (TPSA) is 189 Å². The number of esters is 1. The first-order valence-electron chi connectivity index (χ1n) is 15.2. The number of ether oxygens (including phenoxy) is 2. The number of alkyl carbamates (subject to hydrolysis) is 1. The third-order valence-electron chi connectivity index (χ3n) is 7.52. The van der Waals surface area contributed by atoms with Crippen LogP contribution in [0.1, 0.15) is 84.6 Å². The zero-order valence-corrected chi connectivity index (χ0v) is 28.4. The van der Waals surface area contributed by atoms with Crippen LogP contribution >= 0.6 is 0 Å². The second kappa shape index (κ2) is 13.2. The molecule has 0 spiro atoms. The molecule has 3 atom stereocenters. The van der Waals surface area contributed by atoms with E-state index in [1.165, 1.54) is 7.11 Å². The van der Waals surface area contributed by atoms with Crippen molar-refractivity contribution < 1.29 is 38.9 Å². The average Bonchev–Trinajstić information content (AvgIpc) is 2.90. The summed E-state index contributed by atoms with van der Waals surface area (Å²) in [6.45, 7) is 16.5. The van der Waals surface area contributed by atoms with Gasteiger partial charge in [-0.25, -0.2) is 9.59 Å². The lowest BCUT2D eigenvalue weighted by Gasteiger charge is -2.27. The molecule has 0 aliphatic carbocycles. The Morgan fingerprint density at radius 2 is 1.28 bits per heavy atom. The zero-order valence-electron chi connectivity index (χ0n) is 28.4. The molecule has 1 aliphatic rings. The zero-order chi connectivity index (χ0) is 34.9. The van der Waals surface area contributed by atoms with Crippen LogP contribution in [-0.4, -0.2) is 65.1 Å². The number of carbonyl (C=O) groups is 4. The van der Waals surface area contributed by atoms with Gasteiger partial charge >= 0.3 is 12.1 Å². The van der Waals surface area contributed by atoms with Crippen molar-refractivity contribution in [1.82, 2.24) is 16.0 Å². The Morgan fingerprint density at radius 3 is 1.72 bits per heavy atom. The van der Waals surface area contributed by atoms with E-state index in [1.54, 1.807) is 45.0 Å². The lowest BCUT2D eigenvalue weighted by molar-refractivity contribution is -0.145. The summed E-state index contributed by atoms with van der Waals surface area (Å²) in [5, 5.41) is 30.9. The molecule has 0 saturated heterocycles. The third kappa shape index (κ3) is 8.68. The summed E-state index contributed by atoms with van der Waals surface area (Å²) in [6.07, 6.45) is -2.60. The summed E-state index contributed by atoms with van der Waals surface area (Å²) in [5.74, 6) is -2.56. The number of amides is 3. The van der Waals surface area contributed by atoms with E-state index in [0.717, 1.165) is 0 Å². The highest BCUT2D eigenvalue weighted by atomic mass is 16.6. The number of benzene rings is 2. The standard InChI is InChI=1S/C34H48N4O8/c1-32(2,3)21-13-17-11-19(25(21)39)20-12-18(14-22(26(20)40)33(4,5)6)16-24(30(43)45-10)36-29(42)27(35)38-28(41)23(15-17)37-31(44)46-34(7,8)9/h11-14,23-24,27,39-40H,15-16,35H2,1-10H3,(H,36,42)(H,37,44)(H,38,41)/t23?,24?,27-/m1/s1. The first kappa shape index (κ1) is 36.2. The Kier molecular flexibility index (Phi) is 10.4. The molecule has 2 unspecified atom stereocenters. The van der Waals surface area contributed by atoms with Crippen LogP contribution in [0.3, 0.4) is 0 Å². The molecule has 12 nitrogen and oxygen atoms in total. The Morgan fingerprint density at radius 1 is 0.804 bits per heavy atom. The van der Waals surface area contributed by atoms with Gasteiger partial charge in [-0.2, -0.15) is 0 Å². The van der Waals surface area contributed by atoms with Gasteiger partial charge in [0.25, 0.3) is 5.91 Å². The Labute approximate surface area is 270 Å². The average molecular weight is 641 g/mol. The molecule has 1 aliphatic heterocycles. The second-order valence-corrected chi connectivity index (χ2v) is 14.8. The van der Waals surface area contributed by atoms with Crippen LogP contribution in [0, 0.1) is 0 Å². The fraction of sp³-hybridized carbons (Fsp3) is 0.529. The van der Waals surface area contributed by atoms with E-state index in [1.807, 2.05) is 41.5 Å². The molecule has 7 N–H and O–H groups in total. The number of phenols is 2. The normalized spacial score (nSPS) is 19.6. The number of rotatable bonds is 2. The van der Waals surface area contributed by atoms with Gasteiger partial charge in [0.15, 0.2) is 6.17 Å². The summed E-state index contributed by atoms with van der Waals surface area (Å²) < 4.78 is 10.3. The highest BCUT2D eigenvalue weighted by molar-refractivity contribution is 5.93. The molecule has 3 rings (SSSR count). The van der Waals surface area contributed by atoms with E-state index in [4.69, 9.17) is 15.2 Å². The molecule has 0 fully saturated rings. The second-order valence-electron chi connectivity index (χ2n) is 14.8. The third-order valence-corrected chi connectivity index (χ3v) is 7.52. The number of methoxy groups -OCH3 is 1. The van der Waals surface area contributed by atoms with Crippen molar-refractivity contribution in [3.05, 3.63) is 46.5 Å². The van der Waals surface area contributed by atoms with Crippen molar-refractivity contribution in [1.29, 1.82) is 0 Å². The predicted molar refractivity (Wildman–Crippen MR) is 173 cm³/mol. The maximum atomic E-state index is 13.6. The van der Waals surface area contributed by atoms with Gasteiger partial charge in [-0.1, -0.05) is 53.7 Å². The number of nitrogens with two attached hydrogens (primary N) is 1. The molecule has 2 aromatic carbocycles. The van der Waals surface area contributed by atoms with Crippen LogP contribution in [-0.2, 0) is 47.5 Å². The van der Waals surface area contributed by atoms with Crippen molar-refractivity contribution in [2.75, 3.05) is 7.11 Å². The van der Waals surface area contributed by atoms with Crippen molar-refractivity contribution >= 4 is 23.9 Å². The molecule has 252 valence electrons. The van der Waals surface area contributed by atoms with E-state index in [0.29, 0.717) is 22.3 Å². The molecule has 4 bridgehead atoms. The SMILES string of the molecule is COC(=O)C1Cc2cc(c(O)c(C(C)(C)C)c2)-c2cc(cc(C(C)(C)C)c2O)CC(NC(=O)OC(C)(C)C)C(=O)N[C@@H](N)C(=O)N1. The van der Waals surface area contributed by atoms with E-state index in [2.05, 4.69) is 16.0 Å². The minimum absolute atomic E-state index is 0.0507. The van der Waals surface area contributed by atoms with Crippen LogP contribution in [0.5, 0.6) is 11.5 Å². The Bertz CT molecular complexity index is 1510. The van der Waals surface area contributed by atoms with Gasteiger partial charge in [-0.05, 0) is 54.9 Å². The van der Waals surface area contributed by atoms with Crippen molar-refractivity contribution in [2.24, 2.45) is 5.73 Å². The van der Waals surface area contributed by atoms with Gasteiger partial charge in [0.1, 0.15) is 29.2 Å². The van der Waals surface area contributed by atoms with E-state index < -0.39 is 58.6 Å². The Hall–Kier alpha value is -4.32. The van der Waals surface area contributed by atoms with Crippen molar-refractivity contribution in [2.45, 2.75) is 110 Å². The number of fused-ring (bicyclic) bond motifs is 5. The molecule has 0 radical (unpaired) electrons. The summed E-state index contributed by atoms with van der Waals surface area (Å²) in [7, 11) is 1.18. The van der Waals surface area contributed by atoms with Gasteiger partial charge in [-0.3, -0.25) is 9.59 Å².